The van der Waals surface area contributed by atoms with Crippen LogP contribution in [0.15, 0.2) is 59.6 Å². The molecule has 2 aromatic carbocycles. The number of hydrogen-bond acceptors (Lipinski definition) is 2. The molecule has 1 aliphatic heterocycles. The number of halogens is 1. The lowest BCUT2D eigenvalue weighted by molar-refractivity contribution is 1.49. The molecule has 0 unspecified atom stereocenters. The summed E-state index contributed by atoms with van der Waals surface area (Å²) in [5.41, 5.74) is 4.34. The number of aliphatic imine (C=N–C) groups is 1. The summed E-state index contributed by atoms with van der Waals surface area (Å²) in [6.45, 7) is 0. The molecule has 0 N–H and O–H groups in total. The van der Waals surface area contributed by atoms with Crippen molar-refractivity contribution >= 4 is 28.0 Å². The van der Waals surface area contributed by atoms with Gasteiger partial charge in [-0.15, -0.1) is 0 Å². The molecule has 2 aromatic rings. The molecule has 3 heteroatoms. The van der Waals surface area contributed by atoms with Crippen molar-refractivity contribution in [1.29, 1.82) is 5.26 Å². The highest BCUT2D eigenvalue weighted by molar-refractivity contribution is 6.70. The van der Waals surface area contributed by atoms with Crippen molar-refractivity contribution in [2.24, 2.45) is 4.99 Å². The van der Waals surface area contributed by atoms with Gasteiger partial charge in [0.05, 0.1) is 11.8 Å². The van der Waals surface area contributed by atoms with E-state index in [1.165, 1.54) is 0 Å². The average Bonchev–Trinajstić information content (AvgIpc) is 2.56. The van der Waals surface area contributed by atoms with E-state index in [0.29, 0.717) is 5.17 Å². The van der Waals surface area contributed by atoms with Crippen molar-refractivity contribution in [2.75, 3.05) is 0 Å². The highest BCUT2D eigenvalue weighted by atomic mass is 35.5. The van der Waals surface area contributed by atoms with Crippen LogP contribution in [-0.2, 0) is 0 Å². The van der Waals surface area contributed by atoms with Crippen LogP contribution in [0.25, 0.3) is 5.57 Å². The minimum Gasteiger partial charge on any atom is -0.235 e. The van der Waals surface area contributed by atoms with Gasteiger partial charge >= 0.3 is 0 Å². The van der Waals surface area contributed by atoms with Crippen LogP contribution in [0.4, 0.5) is 5.69 Å². The number of nitrogens with zero attached hydrogens (tertiary/aromatic N) is 2. The fourth-order valence-electron chi connectivity index (χ4n) is 2.23. The third-order valence-corrected chi connectivity index (χ3v) is 3.35. The van der Waals surface area contributed by atoms with Gasteiger partial charge in [-0.3, -0.25) is 0 Å². The normalized spacial score (nSPS) is 14.9. The molecule has 19 heavy (non-hydrogen) atoms. The minimum atomic E-state index is 0.449. The molecule has 0 amide bonds. The van der Waals surface area contributed by atoms with Gasteiger partial charge < -0.3 is 0 Å². The van der Waals surface area contributed by atoms with Gasteiger partial charge in [0.2, 0.25) is 0 Å². The molecule has 0 bridgehead atoms. The molecule has 0 atom stereocenters. The van der Waals surface area contributed by atoms with Crippen LogP contribution in [0.5, 0.6) is 0 Å². The standard InChI is InChI=1S/C16H9ClN2/c17-16-14-7-2-1-5-11(14)12(9-10-18)13-6-3-4-8-15(13)19-16/h1-9H/b12-9-. The second kappa shape index (κ2) is 4.72. The lowest BCUT2D eigenvalue weighted by Gasteiger charge is -2.09. The molecule has 0 spiro atoms. The van der Waals surface area contributed by atoms with Crippen LogP contribution >= 0.6 is 11.6 Å². The summed E-state index contributed by atoms with van der Waals surface area (Å²) in [4.78, 5) is 4.45. The average molecular weight is 265 g/mol. The predicted molar refractivity (Wildman–Crippen MR) is 77.6 cm³/mol. The molecule has 90 valence electrons. The van der Waals surface area contributed by atoms with Crippen LogP contribution in [0.2, 0.25) is 0 Å². The molecule has 0 saturated carbocycles. The lowest BCUT2D eigenvalue weighted by atomic mass is 9.94. The number of benzene rings is 2. The number of hydrogen-bond donors (Lipinski definition) is 0. The van der Waals surface area contributed by atoms with E-state index in [0.717, 1.165) is 28.0 Å². The monoisotopic (exact) mass is 264 g/mol. The van der Waals surface area contributed by atoms with Crippen molar-refractivity contribution in [3.05, 3.63) is 71.3 Å². The summed E-state index contributed by atoms with van der Waals surface area (Å²) < 4.78 is 0. The molecular weight excluding hydrogens is 256 g/mol. The number of allylic oxidation sites excluding steroid dienone is 1. The fraction of sp³-hybridized carbons (Fsp3) is 0. The largest absolute Gasteiger partial charge is 0.235 e. The Kier molecular flexibility index (Phi) is 2.91. The summed E-state index contributed by atoms with van der Waals surface area (Å²) in [5.74, 6) is 0. The molecule has 0 aliphatic carbocycles. The SMILES string of the molecule is N#C/C=C1\c2ccccc2N=C(Cl)c2ccccc21. The maximum atomic E-state index is 9.03. The molecule has 0 aromatic heterocycles. The zero-order chi connectivity index (χ0) is 13.2. The summed E-state index contributed by atoms with van der Waals surface area (Å²) in [7, 11) is 0. The molecule has 0 radical (unpaired) electrons. The van der Waals surface area contributed by atoms with Crippen LogP contribution in [0.3, 0.4) is 0 Å². The Morgan fingerprint density at radius 3 is 2.32 bits per heavy atom. The van der Waals surface area contributed by atoms with Crippen LogP contribution in [-0.4, -0.2) is 5.17 Å². The first kappa shape index (κ1) is 11.7. The second-order valence-electron chi connectivity index (χ2n) is 4.15. The topological polar surface area (TPSA) is 36.1 Å². The third kappa shape index (κ3) is 1.95. The first-order valence-corrected chi connectivity index (χ1v) is 6.22. The molecule has 1 heterocycles. The van der Waals surface area contributed by atoms with Gasteiger partial charge in [0.15, 0.2) is 0 Å². The van der Waals surface area contributed by atoms with Crippen LogP contribution in [0.1, 0.15) is 16.7 Å². The molecule has 0 fully saturated rings. The number of fused-ring (bicyclic) bond motifs is 2. The molecule has 1 aliphatic rings. The summed E-state index contributed by atoms with van der Waals surface area (Å²) in [6.07, 6.45) is 1.54. The second-order valence-corrected chi connectivity index (χ2v) is 4.51. The van der Waals surface area contributed by atoms with E-state index in [2.05, 4.69) is 11.1 Å². The van der Waals surface area contributed by atoms with E-state index in [9.17, 15) is 0 Å². The molecule has 2 nitrogen and oxygen atoms in total. The van der Waals surface area contributed by atoms with Gasteiger partial charge in [-0.05, 0) is 11.6 Å². The Bertz CT molecular complexity index is 751. The smallest absolute Gasteiger partial charge is 0.137 e. The highest BCUT2D eigenvalue weighted by Crippen LogP contribution is 2.36. The van der Waals surface area contributed by atoms with E-state index in [-0.39, 0.29) is 0 Å². The van der Waals surface area contributed by atoms with Crippen molar-refractivity contribution in [3.63, 3.8) is 0 Å². The van der Waals surface area contributed by atoms with E-state index >= 15 is 0 Å². The van der Waals surface area contributed by atoms with E-state index < -0.39 is 0 Å². The Morgan fingerprint density at radius 2 is 1.58 bits per heavy atom. The highest BCUT2D eigenvalue weighted by Gasteiger charge is 2.18. The molecule has 0 saturated heterocycles. The Morgan fingerprint density at radius 1 is 0.947 bits per heavy atom. The Labute approximate surface area is 116 Å². The zero-order valence-electron chi connectivity index (χ0n) is 9.97. The number of nitriles is 1. The number of rotatable bonds is 0. The maximum absolute atomic E-state index is 9.03. The zero-order valence-corrected chi connectivity index (χ0v) is 10.7. The quantitative estimate of drug-likeness (QED) is 0.655. The van der Waals surface area contributed by atoms with Crippen LogP contribution in [0, 0.1) is 11.3 Å². The Balaban J connectivity index is 2.40. The van der Waals surface area contributed by atoms with E-state index in [1.807, 2.05) is 48.5 Å². The van der Waals surface area contributed by atoms with Gasteiger partial charge in [-0.2, -0.15) is 5.26 Å². The molecule has 3 rings (SSSR count). The summed E-state index contributed by atoms with van der Waals surface area (Å²) in [5, 5.41) is 9.48. The van der Waals surface area contributed by atoms with E-state index in [1.54, 1.807) is 6.08 Å². The predicted octanol–water partition coefficient (Wildman–Crippen LogP) is 4.27. The van der Waals surface area contributed by atoms with Crippen molar-refractivity contribution in [1.82, 2.24) is 0 Å². The summed E-state index contributed by atoms with van der Waals surface area (Å²) >= 11 is 6.28. The van der Waals surface area contributed by atoms with Gasteiger partial charge in [0.1, 0.15) is 5.17 Å². The van der Waals surface area contributed by atoms with Gasteiger partial charge in [-0.1, -0.05) is 54.1 Å². The van der Waals surface area contributed by atoms with Gasteiger partial charge in [0, 0.05) is 22.8 Å². The van der Waals surface area contributed by atoms with Gasteiger partial charge in [-0.25, -0.2) is 4.99 Å². The number of para-hydroxylation sites is 1. The molecular formula is C16H9ClN2. The third-order valence-electron chi connectivity index (χ3n) is 3.06. The van der Waals surface area contributed by atoms with Crippen molar-refractivity contribution in [3.8, 4) is 6.07 Å². The fourth-order valence-corrected chi connectivity index (χ4v) is 2.48. The first-order valence-electron chi connectivity index (χ1n) is 5.84. The first-order chi connectivity index (χ1) is 9.31. The van der Waals surface area contributed by atoms with Crippen LogP contribution < -0.4 is 0 Å². The maximum Gasteiger partial charge on any atom is 0.137 e. The van der Waals surface area contributed by atoms with E-state index in [4.69, 9.17) is 16.9 Å². The van der Waals surface area contributed by atoms with Gasteiger partial charge in [0.25, 0.3) is 0 Å². The van der Waals surface area contributed by atoms with Crippen molar-refractivity contribution in [2.45, 2.75) is 0 Å². The lowest BCUT2D eigenvalue weighted by Crippen LogP contribution is -1.95. The minimum absolute atomic E-state index is 0.449. The Hall–Kier alpha value is -2.37. The summed E-state index contributed by atoms with van der Waals surface area (Å²) in [6, 6.07) is 17.5. The van der Waals surface area contributed by atoms with Crippen molar-refractivity contribution < 1.29 is 0 Å².